The third-order valence-electron chi connectivity index (χ3n) is 3.81. The molecule has 0 spiro atoms. The summed E-state index contributed by atoms with van der Waals surface area (Å²) >= 11 is 0. The Labute approximate surface area is 114 Å². The number of nitrogens with one attached hydrogen (secondary N) is 1. The van der Waals surface area contributed by atoms with E-state index in [1.807, 2.05) is 13.8 Å². The molecule has 8 heteroatoms. The van der Waals surface area contributed by atoms with Gasteiger partial charge in [-0.2, -0.15) is 4.98 Å². The number of imidazole rings is 1. The molecule has 4 unspecified atom stereocenters. The van der Waals surface area contributed by atoms with Crippen molar-refractivity contribution in [1.29, 1.82) is 0 Å². The van der Waals surface area contributed by atoms with Crippen molar-refractivity contribution >= 4 is 17.1 Å². The molecule has 3 rings (SSSR count). The van der Waals surface area contributed by atoms with Crippen molar-refractivity contribution in [3.8, 4) is 0 Å². The minimum atomic E-state index is -0.554. The number of anilines is 1. The first-order valence-electron chi connectivity index (χ1n) is 6.58. The van der Waals surface area contributed by atoms with Gasteiger partial charge in [-0.15, -0.1) is 0 Å². The lowest BCUT2D eigenvalue weighted by atomic mass is 10.0. The van der Waals surface area contributed by atoms with Crippen LogP contribution in [-0.4, -0.2) is 36.8 Å². The number of hydrogen-bond acceptors (Lipinski definition) is 6. The number of aliphatic hydroxyl groups is 1. The van der Waals surface area contributed by atoms with E-state index in [1.165, 1.54) is 6.33 Å². The zero-order valence-corrected chi connectivity index (χ0v) is 11.3. The van der Waals surface area contributed by atoms with Crippen LogP contribution in [0.3, 0.4) is 0 Å². The second-order valence-corrected chi connectivity index (χ2v) is 5.10. The number of aliphatic hydroxyl groups excluding tert-OH is 1. The number of aromatic nitrogens is 4. The fraction of sp³-hybridized carbons (Fsp3) is 0.583. The predicted molar refractivity (Wildman–Crippen MR) is 71.9 cm³/mol. The molecule has 0 radical (unpaired) electrons. The summed E-state index contributed by atoms with van der Waals surface area (Å²) in [5.74, 6) is -0.0952. The lowest BCUT2D eigenvalue weighted by molar-refractivity contribution is -0.0210. The number of rotatable bonds is 2. The third-order valence-corrected chi connectivity index (χ3v) is 3.81. The van der Waals surface area contributed by atoms with Crippen LogP contribution in [-0.2, 0) is 4.74 Å². The van der Waals surface area contributed by atoms with Crippen molar-refractivity contribution in [2.75, 3.05) is 5.73 Å². The smallest absolute Gasteiger partial charge is 0.280 e. The molecule has 1 aliphatic heterocycles. The summed E-state index contributed by atoms with van der Waals surface area (Å²) in [6.45, 7) is 3.85. The maximum Gasteiger partial charge on any atom is 0.280 e. The lowest BCUT2D eigenvalue weighted by Gasteiger charge is -2.17. The van der Waals surface area contributed by atoms with Crippen LogP contribution in [0.25, 0.3) is 11.2 Å². The van der Waals surface area contributed by atoms with Crippen LogP contribution in [0.15, 0.2) is 11.1 Å². The molecule has 1 fully saturated rings. The molecule has 3 heterocycles. The number of hydrogen-bond donors (Lipinski definition) is 3. The average Bonchev–Trinajstić information content (AvgIpc) is 2.93. The first kappa shape index (κ1) is 13.1. The number of H-pyrrole nitrogens is 1. The molecule has 2 aromatic rings. The minimum absolute atomic E-state index is 0.0301. The van der Waals surface area contributed by atoms with Gasteiger partial charge in [-0.25, -0.2) is 4.98 Å². The Bertz CT molecular complexity index is 694. The van der Waals surface area contributed by atoms with Crippen molar-refractivity contribution in [3.05, 3.63) is 16.7 Å². The maximum absolute atomic E-state index is 11.8. The minimum Gasteiger partial charge on any atom is -0.390 e. The Morgan fingerprint density at radius 3 is 3.00 bits per heavy atom. The molecule has 1 aliphatic rings. The number of nitrogen functional groups attached to an aromatic ring is 1. The highest BCUT2D eigenvalue weighted by atomic mass is 16.5. The van der Waals surface area contributed by atoms with Gasteiger partial charge in [-0.3, -0.25) is 14.3 Å². The van der Waals surface area contributed by atoms with E-state index in [2.05, 4.69) is 15.0 Å². The normalized spacial score (nSPS) is 30.1. The molecule has 0 amide bonds. The van der Waals surface area contributed by atoms with Gasteiger partial charge < -0.3 is 15.6 Å². The average molecular weight is 279 g/mol. The second kappa shape index (κ2) is 4.57. The van der Waals surface area contributed by atoms with Gasteiger partial charge in [-0.1, -0.05) is 13.8 Å². The fourth-order valence-corrected chi connectivity index (χ4v) is 2.68. The van der Waals surface area contributed by atoms with Crippen molar-refractivity contribution in [3.63, 3.8) is 0 Å². The standard InChI is InChI=1S/C12H17N5O3/c1-3-6-8(18)5(2)11(20-6)17-4-14-7-9(17)15-12(13)16-10(7)19/h4-6,8,11,18H,3H2,1-2H3,(H3,13,15,16,19). The molecule has 2 aromatic heterocycles. The molecule has 0 saturated carbocycles. The van der Waals surface area contributed by atoms with E-state index >= 15 is 0 Å². The highest BCUT2D eigenvalue weighted by molar-refractivity contribution is 5.70. The van der Waals surface area contributed by atoms with E-state index in [0.29, 0.717) is 12.1 Å². The van der Waals surface area contributed by atoms with E-state index in [-0.39, 0.29) is 29.0 Å². The van der Waals surface area contributed by atoms with E-state index in [4.69, 9.17) is 10.5 Å². The van der Waals surface area contributed by atoms with Crippen LogP contribution in [0.1, 0.15) is 26.5 Å². The van der Waals surface area contributed by atoms with Gasteiger partial charge in [-0.05, 0) is 6.42 Å². The van der Waals surface area contributed by atoms with Crippen molar-refractivity contribution < 1.29 is 9.84 Å². The maximum atomic E-state index is 11.8. The number of aromatic amines is 1. The Hall–Kier alpha value is -1.93. The molecule has 0 bridgehead atoms. The van der Waals surface area contributed by atoms with Gasteiger partial charge in [0.25, 0.3) is 5.56 Å². The second-order valence-electron chi connectivity index (χ2n) is 5.10. The quantitative estimate of drug-likeness (QED) is 0.712. The van der Waals surface area contributed by atoms with Gasteiger partial charge in [0.2, 0.25) is 5.95 Å². The van der Waals surface area contributed by atoms with Crippen LogP contribution < -0.4 is 11.3 Å². The SMILES string of the molecule is CCC1OC(n2cnc3c(=O)[nH]c(N)nc32)C(C)C1O. The summed E-state index contributed by atoms with van der Waals surface area (Å²) in [5, 5.41) is 10.1. The largest absolute Gasteiger partial charge is 0.390 e. The summed E-state index contributed by atoms with van der Waals surface area (Å²) in [5.41, 5.74) is 5.76. The van der Waals surface area contributed by atoms with Crippen molar-refractivity contribution in [2.45, 2.75) is 38.7 Å². The van der Waals surface area contributed by atoms with Crippen LogP contribution in [0.5, 0.6) is 0 Å². The number of nitrogens with two attached hydrogens (primary N) is 1. The van der Waals surface area contributed by atoms with Crippen molar-refractivity contribution in [2.24, 2.45) is 5.92 Å². The highest BCUT2D eigenvalue weighted by Gasteiger charge is 2.41. The van der Waals surface area contributed by atoms with Gasteiger partial charge in [0, 0.05) is 5.92 Å². The van der Waals surface area contributed by atoms with Crippen LogP contribution in [0.2, 0.25) is 0 Å². The number of nitrogens with zero attached hydrogens (tertiary/aromatic N) is 3. The van der Waals surface area contributed by atoms with E-state index in [1.54, 1.807) is 4.57 Å². The Morgan fingerprint density at radius 1 is 1.60 bits per heavy atom. The number of ether oxygens (including phenoxy) is 1. The van der Waals surface area contributed by atoms with Crippen molar-refractivity contribution in [1.82, 2.24) is 19.5 Å². The summed E-state index contributed by atoms with van der Waals surface area (Å²) in [6, 6.07) is 0. The summed E-state index contributed by atoms with van der Waals surface area (Å²) in [7, 11) is 0. The molecule has 20 heavy (non-hydrogen) atoms. The van der Waals surface area contributed by atoms with Crippen LogP contribution in [0, 0.1) is 5.92 Å². The van der Waals surface area contributed by atoms with Crippen LogP contribution >= 0.6 is 0 Å². The first-order chi connectivity index (χ1) is 9.52. The molecule has 1 saturated heterocycles. The van der Waals surface area contributed by atoms with Gasteiger partial charge in [0.15, 0.2) is 11.2 Å². The Kier molecular flexibility index (Phi) is 2.98. The third kappa shape index (κ3) is 1.80. The molecular weight excluding hydrogens is 262 g/mol. The molecule has 4 atom stereocenters. The zero-order valence-electron chi connectivity index (χ0n) is 11.3. The van der Waals surface area contributed by atoms with Crippen LogP contribution in [0.4, 0.5) is 5.95 Å². The summed E-state index contributed by atoms with van der Waals surface area (Å²) in [6.07, 6.45) is 1.02. The highest BCUT2D eigenvalue weighted by Crippen LogP contribution is 2.36. The molecule has 0 aromatic carbocycles. The first-order valence-corrected chi connectivity index (χ1v) is 6.58. The molecule has 108 valence electrons. The van der Waals surface area contributed by atoms with E-state index in [9.17, 15) is 9.90 Å². The van der Waals surface area contributed by atoms with Gasteiger partial charge in [0.05, 0.1) is 18.5 Å². The fourth-order valence-electron chi connectivity index (χ4n) is 2.68. The summed E-state index contributed by atoms with van der Waals surface area (Å²) < 4.78 is 7.50. The Balaban J connectivity index is 2.09. The van der Waals surface area contributed by atoms with E-state index in [0.717, 1.165) is 0 Å². The molecule has 4 N–H and O–H groups in total. The lowest BCUT2D eigenvalue weighted by Crippen LogP contribution is -2.24. The van der Waals surface area contributed by atoms with Gasteiger partial charge >= 0.3 is 0 Å². The summed E-state index contributed by atoms with van der Waals surface area (Å²) in [4.78, 5) is 22.3. The predicted octanol–water partition coefficient (Wildman–Crippen LogP) is 0.00620. The molecule has 8 nitrogen and oxygen atoms in total. The monoisotopic (exact) mass is 279 g/mol. The number of fused-ring (bicyclic) bond motifs is 1. The van der Waals surface area contributed by atoms with E-state index < -0.39 is 12.3 Å². The van der Waals surface area contributed by atoms with Gasteiger partial charge in [0.1, 0.15) is 6.23 Å². The topological polar surface area (TPSA) is 119 Å². The molecular formula is C12H17N5O3. The zero-order chi connectivity index (χ0) is 14.4. The molecule has 0 aliphatic carbocycles. The Morgan fingerprint density at radius 2 is 2.35 bits per heavy atom.